The van der Waals surface area contributed by atoms with Gasteiger partial charge in [0, 0.05) is 38.5 Å². The first-order chi connectivity index (χ1) is 10.1. The van der Waals surface area contributed by atoms with Gasteiger partial charge in [0.2, 0.25) is 11.8 Å². The van der Waals surface area contributed by atoms with Gasteiger partial charge < -0.3 is 15.1 Å². The van der Waals surface area contributed by atoms with Gasteiger partial charge in [-0.2, -0.15) is 0 Å². The lowest BCUT2D eigenvalue weighted by atomic mass is 10.0. The molecule has 2 aliphatic heterocycles. The van der Waals surface area contributed by atoms with E-state index in [1.54, 1.807) is 0 Å². The van der Waals surface area contributed by atoms with Gasteiger partial charge in [-0.05, 0) is 38.3 Å². The maximum atomic E-state index is 12.3. The monoisotopic (exact) mass is 331 g/mol. The van der Waals surface area contributed by atoms with Crippen molar-refractivity contribution in [1.29, 1.82) is 0 Å². The summed E-state index contributed by atoms with van der Waals surface area (Å²) in [7, 11) is 0. The van der Waals surface area contributed by atoms with E-state index in [4.69, 9.17) is 0 Å². The highest BCUT2D eigenvalue weighted by molar-refractivity contribution is 5.85. The summed E-state index contributed by atoms with van der Waals surface area (Å²) in [5.74, 6) is 1.18. The van der Waals surface area contributed by atoms with E-state index in [9.17, 15) is 9.59 Å². The molecule has 2 saturated heterocycles. The van der Waals surface area contributed by atoms with Gasteiger partial charge in [0.1, 0.15) is 0 Å². The molecule has 0 radical (unpaired) electrons. The highest BCUT2D eigenvalue weighted by Gasteiger charge is 2.24. The van der Waals surface area contributed by atoms with Crippen LogP contribution in [0.1, 0.15) is 39.5 Å². The number of halogens is 1. The Balaban J connectivity index is 0.00000242. The summed E-state index contributed by atoms with van der Waals surface area (Å²) in [6.45, 7) is 8.99. The molecule has 0 saturated carbocycles. The molecule has 0 spiro atoms. The third-order valence-electron chi connectivity index (χ3n) is 4.58. The van der Waals surface area contributed by atoms with Gasteiger partial charge in [-0.1, -0.05) is 13.8 Å². The minimum absolute atomic E-state index is 0. The molecule has 0 bridgehead atoms. The summed E-state index contributed by atoms with van der Waals surface area (Å²) in [6.07, 6.45) is 3.75. The first-order valence-corrected chi connectivity index (χ1v) is 8.35. The Morgan fingerprint density at radius 1 is 1.14 bits per heavy atom. The summed E-state index contributed by atoms with van der Waals surface area (Å²) >= 11 is 0. The maximum Gasteiger partial charge on any atom is 0.225 e. The van der Waals surface area contributed by atoms with Crippen LogP contribution in [0.25, 0.3) is 0 Å². The lowest BCUT2D eigenvalue weighted by molar-refractivity contribution is -0.135. The molecule has 0 aromatic heterocycles. The molecule has 22 heavy (non-hydrogen) atoms. The SMILES string of the molecule is CC(C)C(=O)N1CCCN(C(=O)CCC2CCNC2)CC1.Cl. The fourth-order valence-electron chi connectivity index (χ4n) is 3.20. The zero-order chi connectivity index (χ0) is 15.2. The summed E-state index contributed by atoms with van der Waals surface area (Å²) in [4.78, 5) is 28.2. The second kappa shape index (κ2) is 9.36. The van der Waals surface area contributed by atoms with Crippen LogP contribution in [-0.4, -0.2) is 60.9 Å². The molecule has 0 aromatic carbocycles. The van der Waals surface area contributed by atoms with E-state index >= 15 is 0 Å². The van der Waals surface area contributed by atoms with Gasteiger partial charge >= 0.3 is 0 Å². The van der Waals surface area contributed by atoms with E-state index < -0.39 is 0 Å². The van der Waals surface area contributed by atoms with Gasteiger partial charge in [-0.15, -0.1) is 12.4 Å². The Bertz CT molecular complexity index is 370. The van der Waals surface area contributed by atoms with Crippen molar-refractivity contribution in [1.82, 2.24) is 15.1 Å². The second-order valence-electron chi connectivity index (χ2n) is 6.61. The fraction of sp³-hybridized carbons (Fsp3) is 0.875. The summed E-state index contributed by atoms with van der Waals surface area (Å²) in [5, 5.41) is 3.35. The Hall–Kier alpha value is -0.810. The minimum atomic E-state index is 0. The molecule has 2 rings (SSSR count). The van der Waals surface area contributed by atoms with Crippen LogP contribution in [0.3, 0.4) is 0 Å². The molecule has 2 aliphatic rings. The van der Waals surface area contributed by atoms with E-state index in [0.717, 1.165) is 39.0 Å². The van der Waals surface area contributed by atoms with Crippen molar-refractivity contribution in [3.63, 3.8) is 0 Å². The van der Waals surface area contributed by atoms with Gasteiger partial charge in [-0.3, -0.25) is 9.59 Å². The molecule has 0 aliphatic carbocycles. The topological polar surface area (TPSA) is 52.7 Å². The van der Waals surface area contributed by atoms with Crippen molar-refractivity contribution < 1.29 is 9.59 Å². The molecular formula is C16H30ClN3O2. The smallest absolute Gasteiger partial charge is 0.225 e. The molecule has 6 heteroatoms. The summed E-state index contributed by atoms with van der Waals surface area (Å²) in [6, 6.07) is 0. The maximum absolute atomic E-state index is 12.3. The van der Waals surface area contributed by atoms with Crippen LogP contribution < -0.4 is 5.32 Å². The molecule has 128 valence electrons. The Morgan fingerprint density at radius 2 is 1.82 bits per heavy atom. The molecule has 2 amide bonds. The van der Waals surface area contributed by atoms with Crippen LogP contribution in [0.4, 0.5) is 0 Å². The Morgan fingerprint density at radius 3 is 2.45 bits per heavy atom. The highest BCUT2D eigenvalue weighted by Crippen LogP contribution is 2.16. The second-order valence-corrected chi connectivity index (χ2v) is 6.61. The van der Waals surface area contributed by atoms with Crippen molar-refractivity contribution in [2.24, 2.45) is 11.8 Å². The Kier molecular flexibility index (Phi) is 8.18. The molecule has 5 nitrogen and oxygen atoms in total. The molecule has 2 fully saturated rings. The van der Waals surface area contributed by atoms with Crippen LogP contribution in [0.2, 0.25) is 0 Å². The lowest BCUT2D eigenvalue weighted by Crippen LogP contribution is -2.39. The van der Waals surface area contributed by atoms with Gasteiger partial charge in [0.05, 0.1) is 0 Å². The number of carbonyl (C=O) groups excluding carboxylic acids is 2. The molecule has 2 heterocycles. The van der Waals surface area contributed by atoms with Crippen LogP contribution in [0.15, 0.2) is 0 Å². The normalized spacial score (nSPS) is 22.4. The van der Waals surface area contributed by atoms with Gasteiger partial charge in [-0.25, -0.2) is 0 Å². The van der Waals surface area contributed by atoms with Gasteiger partial charge in [0.15, 0.2) is 0 Å². The van der Waals surface area contributed by atoms with Crippen LogP contribution in [0, 0.1) is 11.8 Å². The molecule has 1 N–H and O–H groups in total. The number of amides is 2. The van der Waals surface area contributed by atoms with Crippen LogP contribution in [-0.2, 0) is 9.59 Å². The van der Waals surface area contributed by atoms with Crippen LogP contribution >= 0.6 is 12.4 Å². The first kappa shape index (κ1) is 19.2. The predicted octanol–water partition coefficient (Wildman–Crippen LogP) is 1.51. The molecular weight excluding hydrogens is 302 g/mol. The number of hydrogen-bond acceptors (Lipinski definition) is 3. The van der Waals surface area contributed by atoms with E-state index in [2.05, 4.69) is 5.32 Å². The van der Waals surface area contributed by atoms with Crippen molar-refractivity contribution in [3.05, 3.63) is 0 Å². The van der Waals surface area contributed by atoms with E-state index in [1.807, 2.05) is 23.6 Å². The summed E-state index contributed by atoms with van der Waals surface area (Å²) < 4.78 is 0. The highest BCUT2D eigenvalue weighted by atomic mass is 35.5. The first-order valence-electron chi connectivity index (χ1n) is 8.35. The number of nitrogens with zero attached hydrogens (tertiary/aromatic N) is 2. The predicted molar refractivity (Wildman–Crippen MR) is 90.1 cm³/mol. The molecule has 1 unspecified atom stereocenters. The lowest BCUT2D eigenvalue weighted by Gasteiger charge is -2.23. The van der Waals surface area contributed by atoms with Crippen molar-refractivity contribution in [3.8, 4) is 0 Å². The zero-order valence-electron chi connectivity index (χ0n) is 13.8. The third-order valence-corrected chi connectivity index (χ3v) is 4.58. The third kappa shape index (κ3) is 5.43. The largest absolute Gasteiger partial charge is 0.341 e. The molecule has 0 aromatic rings. The average molecular weight is 332 g/mol. The fourth-order valence-corrected chi connectivity index (χ4v) is 3.20. The molecule has 1 atom stereocenters. The number of nitrogens with one attached hydrogen (secondary N) is 1. The van der Waals surface area contributed by atoms with Crippen LogP contribution in [0.5, 0.6) is 0 Å². The number of hydrogen-bond donors (Lipinski definition) is 1. The zero-order valence-corrected chi connectivity index (χ0v) is 14.7. The Labute approximate surface area is 140 Å². The minimum Gasteiger partial charge on any atom is -0.341 e. The van der Waals surface area contributed by atoms with Gasteiger partial charge in [0.25, 0.3) is 0 Å². The van der Waals surface area contributed by atoms with Crippen molar-refractivity contribution in [2.45, 2.75) is 39.5 Å². The number of rotatable bonds is 4. The van der Waals surface area contributed by atoms with Crippen molar-refractivity contribution in [2.75, 3.05) is 39.3 Å². The summed E-state index contributed by atoms with van der Waals surface area (Å²) in [5.41, 5.74) is 0. The van der Waals surface area contributed by atoms with E-state index in [0.29, 0.717) is 25.4 Å². The van der Waals surface area contributed by atoms with E-state index in [1.165, 1.54) is 6.42 Å². The number of carbonyl (C=O) groups is 2. The quantitative estimate of drug-likeness (QED) is 0.849. The average Bonchev–Trinajstić information content (AvgIpc) is 2.86. The standard InChI is InChI=1S/C16H29N3O2.ClH/c1-13(2)16(21)19-9-3-8-18(10-11-19)15(20)5-4-14-6-7-17-12-14;/h13-14,17H,3-12H2,1-2H3;1H. The van der Waals surface area contributed by atoms with Crippen molar-refractivity contribution >= 4 is 24.2 Å². The van der Waals surface area contributed by atoms with E-state index in [-0.39, 0.29) is 30.1 Å².